The van der Waals surface area contributed by atoms with E-state index in [0.717, 1.165) is 25.4 Å². The van der Waals surface area contributed by atoms with Crippen molar-refractivity contribution in [1.82, 2.24) is 20.0 Å². The van der Waals surface area contributed by atoms with Crippen LogP contribution < -0.4 is 5.32 Å². The average Bonchev–Trinajstić information content (AvgIpc) is 3.13. The third-order valence-electron chi connectivity index (χ3n) is 4.65. The van der Waals surface area contributed by atoms with E-state index in [4.69, 9.17) is 0 Å². The lowest BCUT2D eigenvalue weighted by atomic mass is 9.91. The molecule has 100 valence electrons. The van der Waals surface area contributed by atoms with E-state index in [-0.39, 0.29) is 0 Å². The van der Waals surface area contributed by atoms with Crippen LogP contribution in [-0.4, -0.2) is 46.4 Å². The Kier molecular flexibility index (Phi) is 3.16. The number of hydrogen-bond donors (Lipinski definition) is 1. The summed E-state index contributed by atoms with van der Waals surface area (Å²) in [5, 5.41) is 7.82. The first kappa shape index (κ1) is 12.2. The molecular formula is C14H24N4. The zero-order valence-corrected chi connectivity index (χ0v) is 11.5. The molecule has 0 aromatic carbocycles. The van der Waals surface area contributed by atoms with E-state index in [1.807, 2.05) is 17.9 Å². The number of nitrogens with zero attached hydrogens (tertiary/aromatic N) is 3. The Labute approximate surface area is 109 Å². The first-order valence-corrected chi connectivity index (χ1v) is 7.12. The van der Waals surface area contributed by atoms with E-state index < -0.39 is 0 Å². The van der Waals surface area contributed by atoms with Gasteiger partial charge < -0.3 is 5.32 Å². The van der Waals surface area contributed by atoms with Gasteiger partial charge in [0.1, 0.15) is 0 Å². The minimum atomic E-state index is 0.389. The molecule has 4 nitrogen and oxygen atoms in total. The summed E-state index contributed by atoms with van der Waals surface area (Å²) >= 11 is 0. The minimum absolute atomic E-state index is 0.389. The molecule has 4 heteroatoms. The predicted molar refractivity (Wildman–Crippen MR) is 72.5 cm³/mol. The van der Waals surface area contributed by atoms with Crippen molar-refractivity contribution in [3.8, 4) is 0 Å². The number of aromatic nitrogens is 2. The highest BCUT2D eigenvalue weighted by Gasteiger charge is 2.46. The Morgan fingerprint density at radius 1 is 1.50 bits per heavy atom. The molecule has 1 atom stereocenters. The van der Waals surface area contributed by atoms with Crippen LogP contribution in [-0.2, 0) is 13.5 Å². The molecule has 1 unspecified atom stereocenters. The van der Waals surface area contributed by atoms with Gasteiger partial charge in [-0.1, -0.05) is 0 Å². The largest absolute Gasteiger partial charge is 0.314 e. The molecule has 0 radical (unpaired) electrons. The van der Waals surface area contributed by atoms with Gasteiger partial charge in [-0.3, -0.25) is 9.58 Å². The summed E-state index contributed by atoms with van der Waals surface area (Å²) in [6.07, 6.45) is 8.09. The highest BCUT2D eigenvalue weighted by Crippen LogP contribution is 2.43. The molecule has 1 aliphatic heterocycles. The second-order valence-corrected chi connectivity index (χ2v) is 6.07. The lowest BCUT2D eigenvalue weighted by Crippen LogP contribution is -2.61. The maximum absolute atomic E-state index is 4.25. The van der Waals surface area contributed by atoms with Crippen molar-refractivity contribution >= 4 is 0 Å². The second kappa shape index (κ2) is 4.67. The van der Waals surface area contributed by atoms with Crippen LogP contribution in [0.3, 0.4) is 0 Å². The summed E-state index contributed by atoms with van der Waals surface area (Å²) in [7, 11) is 1.99. The standard InChI is InChI=1S/C14H24N4/c1-14(13-3-4-13)11-15-6-8-18(14)7-5-12-9-16-17(2)10-12/h9-10,13,15H,3-8,11H2,1-2H3. The van der Waals surface area contributed by atoms with Crippen LogP contribution in [0.15, 0.2) is 12.4 Å². The van der Waals surface area contributed by atoms with E-state index in [2.05, 4.69) is 28.4 Å². The fraction of sp³-hybridized carbons (Fsp3) is 0.786. The molecular weight excluding hydrogens is 224 g/mol. The molecule has 0 bridgehead atoms. The Hall–Kier alpha value is -0.870. The van der Waals surface area contributed by atoms with Crippen molar-refractivity contribution in [2.45, 2.75) is 31.7 Å². The highest BCUT2D eigenvalue weighted by atomic mass is 15.3. The van der Waals surface area contributed by atoms with Crippen molar-refractivity contribution in [3.05, 3.63) is 18.0 Å². The minimum Gasteiger partial charge on any atom is -0.314 e. The van der Waals surface area contributed by atoms with Crippen molar-refractivity contribution in [1.29, 1.82) is 0 Å². The zero-order chi connectivity index (χ0) is 12.6. The molecule has 1 aromatic heterocycles. The molecule has 18 heavy (non-hydrogen) atoms. The fourth-order valence-corrected chi connectivity index (χ4v) is 3.26. The summed E-state index contributed by atoms with van der Waals surface area (Å²) in [6.45, 7) is 7.09. The van der Waals surface area contributed by atoms with Gasteiger partial charge in [-0.25, -0.2) is 0 Å². The third kappa shape index (κ3) is 2.31. The van der Waals surface area contributed by atoms with Gasteiger partial charge in [0.05, 0.1) is 6.20 Å². The van der Waals surface area contributed by atoms with Gasteiger partial charge in [0.15, 0.2) is 0 Å². The highest BCUT2D eigenvalue weighted by molar-refractivity contribution is 5.07. The lowest BCUT2D eigenvalue weighted by Gasteiger charge is -2.46. The smallest absolute Gasteiger partial charge is 0.0522 e. The van der Waals surface area contributed by atoms with Crippen LogP contribution in [0, 0.1) is 5.92 Å². The Bertz CT molecular complexity index is 410. The predicted octanol–water partition coefficient (Wildman–Crippen LogP) is 1.04. The van der Waals surface area contributed by atoms with Crippen LogP contribution in [0.5, 0.6) is 0 Å². The summed E-state index contributed by atoms with van der Waals surface area (Å²) < 4.78 is 1.90. The van der Waals surface area contributed by atoms with Crippen LogP contribution in [0.4, 0.5) is 0 Å². The van der Waals surface area contributed by atoms with Crippen LogP contribution in [0.1, 0.15) is 25.3 Å². The lowest BCUT2D eigenvalue weighted by molar-refractivity contribution is 0.0571. The Morgan fingerprint density at radius 2 is 2.33 bits per heavy atom. The fourth-order valence-electron chi connectivity index (χ4n) is 3.26. The van der Waals surface area contributed by atoms with E-state index >= 15 is 0 Å². The van der Waals surface area contributed by atoms with E-state index in [1.54, 1.807) is 0 Å². The summed E-state index contributed by atoms with van der Waals surface area (Å²) in [5.41, 5.74) is 1.75. The maximum atomic E-state index is 4.25. The summed E-state index contributed by atoms with van der Waals surface area (Å²) in [6, 6.07) is 0. The maximum Gasteiger partial charge on any atom is 0.0522 e. The third-order valence-corrected chi connectivity index (χ3v) is 4.65. The van der Waals surface area contributed by atoms with E-state index in [1.165, 1.54) is 31.5 Å². The number of rotatable bonds is 4. The van der Waals surface area contributed by atoms with Gasteiger partial charge in [-0.05, 0) is 37.7 Å². The normalized spacial score (nSPS) is 29.7. The first-order valence-electron chi connectivity index (χ1n) is 7.12. The molecule has 0 amide bonds. The molecule has 2 fully saturated rings. The molecule has 1 N–H and O–H groups in total. The SMILES string of the molecule is Cn1cc(CCN2CCNCC2(C)C2CC2)cn1. The number of nitrogens with one attached hydrogen (secondary N) is 1. The van der Waals surface area contributed by atoms with Gasteiger partial charge in [0.25, 0.3) is 0 Å². The average molecular weight is 248 g/mol. The van der Waals surface area contributed by atoms with Gasteiger partial charge >= 0.3 is 0 Å². The van der Waals surface area contributed by atoms with Crippen LogP contribution in [0.25, 0.3) is 0 Å². The number of aryl methyl sites for hydroxylation is 1. The molecule has 2 aliphatic rings. The van der Waals surface area contributed by atoms with Gasteiger partial charge in [0.2, 0.25) is 0 Å². The van der Waals surface area contributed by atoms with Crippen LogP contribution >= 0.6 is 0 Å². The Balaban J connectivity index is 1.62. The second-order valence-electron chi connectivity index (χ2n) is 6.07. The van der Waals surface area contributed by atoms with Crippen molar-refractivity contribution in [2.75, 3.05) is 26.2 Å². The van der Waals surface area contributed by atoms with Crippen molar-refractivity contribution in [2.24, 2.45) is 13.0 Å². The topological polar surface area (TPSA) is 33.1 Å². The van der Waals surface area contributed by atoms with Gasteiger partial charge in [0, 0.05) is 45.0 Å². The quantitative estimate of drug-likeness (QED) is 0.864. The molecule has 1 saturated carbocycles. The Morgan fingerprint density at radius 3 is 3.00 bits per heavy atom. The van der Waals surface area contributed by atoms with Crippen LogP contribution in [0.2, 0.25) is 0 Å². The van der Waals surface area contributed by atoms with Crippen molar-refractivity contribution in [3.63, 3.8) is 0 Å². The number of piperazine rings is 1. The van der Waals surface area contributed by atoms with Gasteiger partial charge in [-0.2, -0.15) is 5.10 Å². The van der Waals surface area contributed by atoms with E-state index in [0.29, 0.717) is 5.54 Å². The molecule has 1 aliphatic carbocycles. The molecule has 2 heterocycles. The molecule has 1 aromatic rings. The zero-order valence-electron chi connectivity index (χ0n) is 11.5. The van der Waals surface area contributed by atoms with Gasteiger partial charge in [-0.15, -0.1) is 0 Å². The summed E-state index contributed by atoms with van der Waals surface area (Å²) in [5.74, 6) is 0.916. The monoisotopic (exact) mass is 248 g/mol. The number of hydrogen-bond acceptors (Lipinski definition) is 3. The van der Waals surface area contributed by atoms with Crippen molar-refractivity contribution < 1.29 is 0 Å². The van der Waals surface area contributed by atoms with E-state index in [9.17, 15) is 0 Å². The summed E-state index contributed by atoms with van der Waals surface area (Å²) in [4.78, 5) is 2.70. The molecule has 0 spiro atoms. The molecule has 3 rings (SSSR count). The molecule has 1 saturated heterocycles. The first-order chi connectivity index (χ1) is 8.68.